The van der Waals surface area contributed by atoms with Crippen molar-refractivity contribution in [3.63, 3.8) is 0 Å². The SMILES string of the molecule is CC1CCCC(NC(=[C-]C(N)=O)/N=C(\[CH]=[W])N2CCCC(O)C2)CCC1. The van der Waals surface area contributed by atoms with Crippen molar-refractivity contribution in [3.05, 3.63) is 11.9 Å². The summed E-state index contributed by atoms with van der Waals surface area (Å²) in [6.07, 6.45) is 11.1. The monoisotopic (exact) mass is 531 g/mol. The van der Waals surface area contributed by atoms with Crippen LogP contribution in [0.1, 0.15) is 58.3 Å². The Morgan fingerprint density at radius 1 is 1.27 bits per heavy atom. The predicted octanol–water partition coefficient (Wildman–Crippen LogP) is 1.27. The number of nitrogens with one attached hydrogen (secondary N) is 1. The molecule has 1 aliphatic carbocycles. The summed E-state index contributed by atoms with van der Waals surface area (Å²) in [7, 11) is 0. The summed E-state index contributed by atoms with van der Waals surface area (Å²) in [6, 6.07) is 0.297. The van der Waals surface area contributed by atoms with Gasteiger partial charge in [0.25, 0.3) is 0 Å². The maximum atomic E-state index is 11.4. The van der Waals surface area contributed by atoms with Gasteiger partial charge >= 0.3 is 168 Å². The molecule has 1 unspecified atom stereocenters. The second kappa shape index (κ2) is 11.0. The summed E-state index contributed by atoms with van der Waals surface area (Å²) in [4.78, 5) is 18.2. The predicted molar refractivity (Wildman–Crippen MR) is 100 cm³/mol. The standard InChI is InChI=1S/C19H31N4O2.W/c1-14-6-3-8-16(9-4-7-14)22-19(12-18(20)25)21-15(2)23-11-5-10-17(24)13-23;/h2,14,16-17,22,24H,3-11,13H2,1H3,(H2,20,25);/q-1;/b21-15+;. The van der Waals surface area contributed by atoms with Crippen molar-refractivity contribution in [2.75, 3.05) is 13.1 Å². The molecule has 2 aliphatic rings. The minimum atomic E-state index is -0.614. The Hall–Kier alpha value is -1.00. The van der Waals surface area contributed by atoms with Gasteiger partial charge < -0.3 is 0 Å². The van der Waals surface area contributed by atoms with Crippen molar-refractivity contribution in [1.29, 1.82) is 0 Å². The van der Waals surface area contributed by atoms with Crippen LogP contribution in [0.15, 0.2) is 10.8 Å². The Kier molecular flexibility index (Phi) is 9.00. The molecule has 4 N–H and O–H groups in total. The number of primary amides is 1. The van der Waals surface area contributed by atoms with Gasteiger partial charge in [-0.15, -0.1) is 0 Å². The number of carbonyl (C=O) groups excluding carboxylic acids is 1. The van der Waals surface area contributed by atoms with E-state index < -0.39 is 5.91 Å². The van der Waals surface area contributed by atoms with Gasteiger partial charge in [0, 0.05) is 0 Å². The summed E-state index contributed by atoms with van der Waals surface area (Å²) in [5, 5.41) is 13.3. The summed E-state index contributed by atoms with van der Waals surface area (Å²) < 4.78 is 1.99. The van der Waals surface area contributed by atoms with Crippen LogP contribution in [-0.4, -0.2) is 51.4 Å². The number of β-amino-alcohol motifs (C(OH)–C–C–N with tert-alkyl or cyclic N) is 1. The van der Waals surface area contributed by atoms with Gasteiger partial charge in [-0.05, 0) is 0 Å². The zero-order valence-electron chi connectivity index (χ0n) is 15.6. The Morgan fingerprint density at radius 2 is 1.96 bits per heavy atom. The quantitative estimate of drug-likeness (QED) is 0.216. The number of likely N-dealkylation sites (tertiary alicyclic amines) is 1. The van der Waals surface area contributed by atoms with Crippen LogP contribution in [0.4, 0.5) is 0 Å². The van der Waals surface area contributed by atoms with Gasteiger partial charge in [-0.1, -0.05) is 0 Å². The second-order valence-electron chi connectivity index (χ2n) is 7.48. The number of amidine groups is 1. The van der Waals surface area contributed by atoms with Crippen LogP contribution in [-0.2, 0) is 24.1 Å². The van der Waals surface area contributed by atoms with E-state index in [1.165, 1.54) is 45.0 Å². The number of nitrogens with two attached hydrogens (primary N) is 1. The average molecular weight is 531 g/mol. The zero-order chi connectivity index (χ0) is 18.9. The fraction of sp³-hybridized carbons (Fsp3) is 0.737. The van der Waals surface area contributed by atoms with Crippen LogP contribution in [0.25, 0.3) is 0 Å². The third-order valence-corrected chi connectivity index (χ3v) is 5.89. The first-order valence-corrected chi connectivity index (χ1v) is 11.3. The normalized spacial score (nSPS) is 28.8. The van der Waals surface area contributed by atoms with Crippen LogP contribution in [0, 0.1) is 12.0 Å². The van der Waals surface area contributed by atoms with Crippen molar-refractivity contribution < 1.29 is 29.3 Å². The summed E-state index contributed by atoms with van der Waals surface area (Å²) in [6.45, 7) is 3.77. The molecule has 0 aromatic carbocycles. The molecule has 146 valence electrons. The van der Waals surface area contributed by atoms with E-state index in [1.54, 1.807) is 0 Å². The number of rotatable bonds is 5. The summed E-state index contributed by atoms with van der Waals surface area (Å²) in [5.74, 6) is 1.39. The van der Waals surface area contributed by atoms with Crippen molar-refractivity contribution in [3.8, 4) is 0 Å². The van der Waals surface area contributed by atoms with Crippen molar-refractivity contribution in [1.82, 2.24) is 10.2 Å². The first kappa shape index (κ1) is 21.3. The average Bonchev–Trinajstić information content (AvgIpc) is 2.56. The number of aliphatic imine (C=N–C) groups is 1. The first-order valence-electron chi connectivity index (χ1n) is 9.64. The van der Waals surface area contributed by atoms with Gasteiger partial charge in [-0.25, -0.2) is 0 Å². The molecule has 1 saturated carbocycles. The molecule has 26 heavy (non-hydrogen) atoms. The molecule has 1 atom stereocenters. The van der Waals surface area contributed by atoms with E-state index in [4.69, 9.17) is 5.73 Å². The molecule has 1 amide bonds. The molecular formula is C19H31N4O2W-. The molecule has 0 aromatic heterocycles. The van der Waals surface area contributed by atoms with Gasteiger partial charge in [0.2, 0.25) is 0 Å². The molecule has 1 aliphatic heterocycles. The summed E-state index contributed by atoms with van der Waals surface area (Å²) >= 11 is 1.28. The Labute approximate surface area is 167 Å². The zero-order valence-corrected chi connectivity index (χ0v) is 18.5. The van der Waals surface area contributed by atoms with E-state index in [0.717, 1.165) is 44.0 Å². The fourth-order valence-electron chi connectivity index (χ4n) is 3.71. The van der Waals surface area contributed by atoms with Crippen molar-refractivity contribution >= 4 is 16.1 Å². The molecule has 0 aromatic rings. The van der Waals surface area contributed by atoms with E-state index in [9.17, 15) is 9.90 Å². The van der Waals surface area contributed by atoms with E-state index >= 15 is 0 Å². The molecular weight excluding hydrogens is 500 g/mol. The number of piperidine rings is 1. The van der Waals surface area contributed by atoms with Crippen LogP contribution < -0.4 is 11.1 Å². The molecule has 1 saturated heterocycles. The second-order valence-corrected chi connectivity index (χ2v) is 8.32. The Bertz CT molecular complexity index is 540. The van der Waals surface area contributed by atoms with Crippen molar-refractivity contribution in [2.24, 2.45) is 16.6 Å². The van der Waals surface area contributed by atoms with E-state index in [-0.39, 0.29) is 6.10 Å². The van der Waals surface area contributed by atoms with Gasteiger partial charge in [-0.2, -0.15) is 0 Å². The molecule has 7 heteroatoms. The van der Waals surface area contributed by atoms with Crippen LogP contribution in [0.5, 0.6) is 0 Å². The van der Waals surface area contributed by atoms with Gasteiger partial charge in [0.1, 0.15) is 0 Å². The van der Waals surface area contributed by atoms with E-state index in [2.05, 4.69) is 28.2 Å². The number of hydrogen-bond acceptors (Lipinski definition) is 4. The topological polar surface area (TPSA) is 90.9 Å². The van der Waals surface area contributed by atoms with Gasteiger partial charge in [0.05, 0.1) is 0 Å². The maximum absolute atomic E-state index is 11.4. The third kappa shape index (κ3) is 7.32. The Balaban J connectivity index is 2.10. The number of nitrogens with zero attached hydrogens (tertiary/aromatic N) is 2. The Morgan fingerprint density at radius 3 is 2.54 bits per heavy atom. The van der Waals surface area contributed by atoms with Gasteiger partial charge in [0.15, 0.2) is 0 Å². The third-order valence-electron chi connectivity index (χ3n) is 5.13. The molecule has 2 fully saturated rings. The summed E-state index contributed by atoms with van der Waals surface area (Å²) in [5.41, 5.74) is 5.35. The number of aliphatic hydroxyl groups is 1. The first-order chi connectivity index (χ1) is 12.5. The van der Waals surface area contributed by atoms with Crippen LogP contribution >= 0.6 is 0 Å². The molecule has 6 nitrogen and oxygen atoms in total. The van der Waals surface area contributed by atoms with Crippen LogP contribution in [0.2, 0.25) is 0 Å². The minimum absolute atomic E-state index is 0.297. The number of aliphatic hydroxyl groups excluding tert-OH is 1. The number of amides is 1. The number of hydrogen-bond donors (Lipinski definition) is 3. The molecule has 0 bridgehead atoms. The molecule has 2 rings (SSSR count). The molecule has 1 heterocycles. The van der Waals surface area contributed by atoms with Crippen LogP contribution in [0.3, 0.4) is 0 Å². The van der Waals surface area contributed by atoms with E-state index in [0.29, 0.717) is 18.4 Å². The number of carbonyl (C=O) groups is 1. The van der Waals surface area contributed by atoms with E-state index in [1.807, 2.05) is 4.40 Å². The van der Waals surface area contributed by atoms with Gasteiger partial charge in [-0.3, -0.25) is 0 Å². The van der Waals surface area contributed by atoms with Crippen molar-refractivity contribution in [2.45, 2.75) is 70.4 Å². The molecule has 0 spiro atoms. The molecule has 0 radical (unpaired) electrons. The fourth-order valence-corrected chi connectivity index (χ4v) is 4.44.